The van der Waals surface area contributed by atoms with Gasteiger partial charge in [-0.25, -0.2) is 18.9 Å². The van der Waals surface area contributed by atoms with Crippen molar-refractivity contribution in [1.29, 1.82) is 0 Å². The number of hydrogen-bond donors (Lipinski definition) is 2. The molecule has 2 amide bonds. The first-order valence-corrected chi connectivity index (χ1v) is 8.05. The lowest BCUT2D eigenvalue weighted by molar-refractivity contribution is -0.125. The Kier molecular flexibility index (Phi) is 4.88. The van der Waals surface area contributed by atoms with E-state index >= 15 is 0 Å². The molecule has 140 valence electrons. The van der Waals surface area contributed by atoms with Crippen molar-refractivity contribution in [2.75, 3.05) is 13.7 Å². The third-order valence-electron chi connectivity index (χ3n) is 3.87. The maximum absolute atomic E-state index is 12.5. The molecular weight excluding hydrogens is 352 g/mol. The van der Waals surface area contributed by atoms with Crippen molar-refractivity contribution in [1.82, 2.24) is 24.5 Å². The number of fused-ring (bicyclic) bond motifs is 1. The minimum atomic E-state index is -0.671. The predicted octanol–water partition coefficient (Wildman–Crippen LogP) is -0.523. The molecule has 3 aromatic rings. The monoisotopic (exact) mass is 370 g/mol. The van der Waals surface area contributed by atoms with Crippen LogP contribution < -0.4 is 21.5 Å². The summed E-state index contributed by atoms with van der Waals surface area (Å²) in [5, 5.41) is 6.50. The summed E-state index contributed by atoms with van der Waals surface area (Å²) in [6.45, 7) is 1.05. The molecule has 27 heavy (non-hydrogen) atoms. The fourth-order valence-corrected chi connectivity index (χ4v) is 2.59. The van der Waals surface area contributed by atoms with Crippen molar-refractivity contribution in [2.24, 2.45) is 5.73 Å². The molecule has 0 spiro atoms. The average Bonchev–Trinajstić information content (AvgIpc) is 2.96. The van der Waals surface area contributed by atoms with Gasteiger partial charge in [0.1, 0.15) is 18.1 Å². The van der Waals surface area contributed by atoms with E-state index in [0.29, 0.717) is 17.2 Å². The van der Waals surface area contributed by atoms with Crippen LogP contribution in [0, 0.1) is 6.92 Å². The number of carbonyl (C=O) groups excluding carboxylic acids is 2. The molecule has 0 fully saturated rings. The van der Waals surface area contributed by atoms with Crippen LogP contribution in [-0.4, -0.2) is 44.6 Å². The minimum absolute atomic E-state index is 0.302. The Labute approximate surface area is 153 Å². The van der Waals surface area contributed by atoms with E-state index in [1.165, 1.54) is 4.40 Å². The second-order valence-electron chi connectivity index (χ2n) is 5.79. The van der Waals surface area contributed by atoms with Crippen molar-refractivity contribution in [3.8, 4) is 17.0 Å². The fraction of sp³-hybridized carbons (Fsp3) is 0.235. The Bertz CT molecular complexity index is 1070. The van der Waals surface area contributed by atoms with E-state index in [-0.39, 0.29) is 13.1 Å². The van der Waals surface area contributed by atoms with Gasteiger partial charge >= 0.3 is 5.69 Å². The summed E-state index contributed by atoms with van der Waals surface area (Å²) in [6, 6.07) is 8.98. The molecule has 3 N–H and O–H groups in total. The molecule has 2 aromatic heterocycles. The number of ether oxygens (including phenoxy) is 1. The number of methoxy groups -OCH3 is 1. The predicted molar refractivity (Wildman–Crippen MR) is 96.2 cm³/mol. The number of aryl methyl sites for hydroxylation is 1. The van der Waals surface area contributed by atoms with Crippen LogP contribution in [0.4, 0.5) is 0 Å². The van der Waals surface area contributed by atoms with Gasteiger partial charge in [-0.3, -0.25) is 9.59 Å². The number of aromatic nitrogens is 4. The quantitative estimate of drug-likeness (QED) is 0.599. The highest BCUT2D eigenvalue weighted by Gasteiger charge is 2.15. The number of rotatable bonds is 6. The van der Waals surface area contributed by atoms with Crippen LogP contribution in [-0.2, 0) is 16.1 Å². The summed E-state index contributed by atoms with van der Waals surface area (Å²) in [6.07, 6.45) is 0. The third-order valence-corrected chi connectivity index (χ3v) is 3.87. The summed E-state index contributed by atoms with van der Waals surface area (Å²) < 4.78 is 7.47. The minimum Gasteiger partial charge on any atom is -0.497 e. The lowest BCUT2D eigenvalue weighted by Crippen LogP contribution is -2.37. The Morgan fingerprint density at radius 2 is 1.96 bits per heavy atom. The first-order valence-electron chi connectivity index (χ1n) is 8.05. The number of carbonyl (C=O) groups is 2. The topological polar surface area (TPSA) is 134 Å². The molecule has 0 aliphatic rings. The van der Waals surface area contributed by atoms with Crippen LogP contribution in [0.15, 0.2) is 35.1 Å². The molecule has 1 aromatic carbocycles. The van der Waals surface area contributed by atoms with Gasteiger partial charge in [0.25, 0.3) is 0 Å². The van der Waals surface area contributed by atoms with Crippen molar-refractivity contribution >= 4 is 17.5 Å². The zero-order valence-corrected chi connectivity index (χ0v) is 14.8. The van der Waals surface area contributed by atoms with Crippen LogP contribution in [0.2, 0.25) is 0 Å². The number of hydrogen-bond acceptors (Lipinski definition) is 6. The zero-order valence-electron chi connectivity index (χ0n) is 14.8. The van der Waals surface area contributed by atoms with E-state index in [2.05, 4.69) is 15.4 Å². The molecule has 0 aliphatic heterocycles. The lowest BCUT2D eigenvalue weighted by atomic mass is 10.1. The first kappa shape index (κ1) is 18.1. The lowest BCUT2D eigenvalue weighted by Gasteiger charge is -2.05. The largest absolute Gasteiger partial charge is 0.497 e. The number of benzene rings is 1. The van der Waals surface area contributed by atoms with Gasteiger partial charge in [-0.05, 0) is 31.2 Å². The van der Waals surface area contributed by atoms with Gasteiger partial charge in [0, 0.05) is 11.6 Å². The van der Waals surface area contributed by atoms with Gasteiger partial charge in [0.05, 0.1) is 19.3 Å². The maximum Gasteiger partial charge on any atom is 0.352 e. The molecule has 2 heterocycles. The van der Waals surface area contributed by atoms with Crippen LogP contribution in [0.3, 0.4) is 0 Å². The normalized spacial score (nSPS) is 10.7. The van der Waals surface area contributed by atoms with E-state index in [1.807, 2.05) is 24.3 Å². The second kappa shape index (κ2) is 7.28. The fourth-order valence-electron chi connectivity index (χ4n) is 2.59. The summed E-state index contributed by atoms with van der Waals surface area (Å²) in [5.74, 6) is -0.0543. The van der Waals surface area contributed by atoms with Gasteiger partial charge in [-0.1, -0.05) is 0 Å². The Morgan fingerprint density at radius 1 is 1.26 bits per heavy atom. The molecule has 10 nitrogen and oxygen atoms in total. The molecule has 0 aliphatic carbocycles. The Morgan fingerprint density at radius 3 is 2.59 bits per heavy atom. The van der Waals surface area contributed by atoms with Crippen molar-refractivity contribution in [3.63, 3.8) is 0 Å². The van der Waals surface area contributed by atoms with Crippen LogP contribution in [0.5, 0.6) is 5.75 Å². The van der Waals surface area contributed by atoms with Gasteiger partial charge in [-0.15, -0.1) is 5.10 Å². The summed E-state index contributed by atoms with van der Waals surface area (Å²) in [7, 11) is 1.59. The number of nitrogens with two attached hydrogens (primary N) is 1. The van der Waals surface area contributed by atoms with E-state index in [9.17, 15) is 14.4 Å². The SMILES string of the molecule is COc1ccc(-c2cc3nn(CC(=O)NCC(N)=O)c(=O)n3c(C)n2)cc1. The van der Waals surface area contributed by atoms with Gasteiger partial charge in [0.2, 0.25) is 11.8 Å². The van der Waals surface area contributed by atoms with Crippen molar-refractivity contribution in [3.05, 3.63) is 46.6 Å². The Balaban J connectivity index is 1.94. The molecule has 10 heteroatoms. The zero-order chi connectivity index (χ0) is 19.6. The van der Waals surface area contributed by atoms with Crippen molar-refractivity contribution < 1.29 is 14.3 Å². The van der Waals surface area contributed by atoms with E-state index in [4.69, 9.17) is 10.5 Å². The molecular formula is C17H18N6O4. The van der Waals surface area contributed by atoms with Crippen LogP contribution in [0.1, 0.15) is 5.82 Å². The average molecular weight is 370 g/mol. The highest BCUT2D eigenvalue weighted by Crippen LogP contribution is 2.21. The second-order valence-corrected chi connectivity index (χ2v) is 5.79. The molecule has 0 saturated carbocycles. The Hall–Kier alpha value is -3.69. The van der Waals surface area contributed by atoms with Crippen molar-refractivity contribution in [2.45, 2.75) is 13.5 Å². The van der Waals surface area contributed by atoms with Gasteiger partial charge in [0.15, 0.2) is 5.65 Å². The van der Waals surface area contributed by atoms with Gasteiger partial charge in [-0.2, -0.15) is 0 Å². The number of primary amides is 1. The van der Waals surface area contributed by atoms with Crippen LogP contribution in [0.25, 0.3) is 16.9 Å². The molecule has 0 bridgehead atoms. The summed E-state index contributed by atoms with van der Waals surface area (Å²) in [5.41, 5.74) is 6.32. The smallest absolute Gasteiger partial charge is 0.352 e. The first-order chi connectivity index (χ1) is 12.9. The van der Waals surface area contributed by atoms with E-state index in [0.717, 1.165) is 16.0 Å². The summed E-state index contributed by atoms with van der Waals surface area (Å²) >= 11 is 0. The molecule has 3 rings (SSSR count). The molecule has 0 atom stereocenters. The molecule has 0 saturated heterocycles. The molecule has 0 unspecified atom stereocenters. The third kappa shape index (κ3) is 3.78. The standard InChI is InChI=1S/C17H18N6O4/c1-10-20-13(11-3-5-12(27-2)6-4-11)7-15-21-22(17(26)23(10)15)9-16(25)19-8-14(18)24/h3-7H,8-9H2,1-2H3,(H2,18,24)(H,19,25). The maximum atomic E-state index is 12.5. The molecule has 0 radical (unpaired) electrons. The highest BCUT2D eigenvalue weighted by atomic mass is 16.5. The number of amides is 2. The van der Waals surface area contributed by atoms with E-state index < -0.39 is 17.5 Å². The number of nitrogens with zero attached hydrogens (tertiary/aromatic N) is 4. The highest BCUT2D eigenvalue weighted by molar-refractivity contribution is 5.83. The number of nitrogens with one attached hydrogen (secondary N) is 1. The van der Waals surface area contributed by atoms with Crippen LogP contribution >= 0.6 is 0 Å². The summed E-state index contributed by atoms with van der Waals surface area (Å²) in [4.78, 5) is 39.5. The van der Waals surface area contributed by atoms with E-state index in [1.54, 1.807) is 20.1 Å². The van der Waals surface area contributed by atoms with Gasteiger partial charge < -0.3 is 15.8 Å².